The van der Waals surface area contributed by atoms with Crippen molar-refractivity contribution in [2.45, 2.75) is 76.4 Å². The minimum Gasteiger partial charge on any atom is -0.508 e. The predicted molar refractivity (Wildman–Crippen MR) is 146 cm³/mol. The zero-order chi connectivity index (χ0) is 29.0. The summed E-state index contributed by atoms with van der Waals surface area (Å²) in [6, 6.07) is 12.7. The van der Waals surface area contributed by atoms with E-state index in [1.165, 1.54) is 54.6 Å². The molecule has 2 aromatic carbocycles. The molecule has 0 saturated carbocycles. The number of aromatic hydroxyl groups is 1. The van der Waals surface area contributed by atoms with Crippen molar-refractivity contribution in [3.63, 3.8) is 0 Å². The lowest BCUT2D eigenvalue weighted by atomic mass is 10.0. The number of benzene rings is 2. The third-order valence-electron chi connectivity index (χ3n) is 6.78. The normalized spacial score (nSPS) is 16.3. The summed E-state index contributed by atoms with van der Waals surface area (Å²) in [4.78, 5) is 38.3. The van der Waals surface area contributed by atoms with Crippen molar-refractivity contribution in [3.05, 3.63) is 77.9 Å². The number of carbonyl (C=O) groups is 3. The Bertz CT molecular complexity index is 1140. The summed E-state index contributed by atoms with van der Waals surface area (Å²) in [5.74, 6) is -4.57. The number of esters is 2. The van der Waals surface area contributed by atoms with E-state index in [-0.39, 0.29) is 35.7 Å². The first-order valence-electron chi connectivity index (χ1n) is 13.7. The zero-order valence-electron chi connectivity index (χ0n) is 22.8. The van der Waals surface area contributed by atoms with Gasteiger partial charge in [0.1, 0.15) is 5.75 Å². The molecule has 0 bridgehead atoms. The molecule has 0 spiro atoms. The van der Waals surface area contributed by atoms with Crippen LogP contribution in [0.25, 0.3) is 0 Å². The molecule has 9 heteroatoms. The summed E-state index contributed by atoms with van der Waals surface area (Å²) in [7, 11) is 0. The molecule has 0 aliphatic carbocycles. The van der Waals surface area contributed by atoms with Crippen LogP contribution in [0.2, 0.25) is 0 Å². The molecular weight excluding hydrogens is 520 g/mol. The molecule has 3 rings (SSSR count). The van der Waals surface area contributed by atoms with Crippen molar-refractivity contribution in [1.82, 2.24) is 4.90 Å². The number of likely N-dealkylation sites (tertiary alicyclic amines) is 1. The first kappa shape index (κ1) is 30.8. The number of unbranched alkanes of at least 4 members (excludes halogenated alkanes) is 3. The van der Waals surface area contributed by atoms with Gasteiger partial charge >= 0.3 is 17.9 Å². The van der Waals surface area contributed by atoms with E-state index in [1.807, 2.05) is 0 Å². The Labute approximate surface area is 233 Å². The molecule has 1 fully saturated rings. The van der Waals surface area contributed by atoms with E-state index in [4.69, 9.17) is 9.47 Å². The lowest BCUT2D eigenvalue weighted by molar-refractivity contribution is -0.167. The average molecular weight is 558 g/mol. The molecule has 0 radical (unpaired) electrons. The standard InChI is InChI=1S/C31H37F2NO6/c1-2-39-29(37)12-8-3-4-9-21-34-25(16-20-28(34)36)15-19-27(31(32,33)24-10-6-5-7-11-24)40-30(38)22-23-13-17-26(35)18-14-23/h5-7,10-11,13-15,17-19,25,27,35H,2-4,8-9,12,16,20-22H2,1H3. The fourth-order valence-corrected chi connectivity index (χ4v) is 4.64. The van der Waals surface area contributed by atoms with Gasteiger partial charge in [-0.05, 0) is 50.0 Å². The summed E-state index contributed by atoms with van der Waals surface area (Å²) in [5, 5.41) is 9.44. The highest BCUT2D eigenvalue weighted by Gasteiger charge is 2.43. The lowest BCUT2D eigenvalue weighted by Crippen LogP contribution is -2.36. The molecule has 1 saturated heterocycles. The second-order valence-electron chi connectivity index (χ2n) is 9.79. The summed E-state index contributed by atoms with van der Waals surface area (Å²) in [5.41, 5.74) is 0.229. The van der Waals surface area contributed by atoms with Crippen molar-refractivity contribution in [3.8, 4) is 5.75 Å². The number of alkyl halides is 2. The quantitative estimate of drug-likeness (QED) is 0.172. The van der Waals surface area contributed by atoms with Gasteiger partial charge in [0.2, 0.25) is 5.91 Å². The van der Waals surface area contributed by atoms with Crippen LogP contribution >= 0.6 is 0 Å². The Morgan fingerprint density at radius 2 is 1.75 bits per heavy atom. The first-order chi connectivity index (χ1) is 19.2. The van der Waals surface area contributed by atoms with E-state index < -0.39 is 18.0 Å². The number of hydrogen-bond acceptors (Lipinski definition) is 6. The van der Waals surface area contributed by atoms with Crippen LogP contribution in [-0.4, -0.2) is 53.1 Å². The van der Waals surface area contributed by atoms with E-state index >= 15 is 8.78 Å². The Kier molecular flexibility index (Phi) is 11.7. The van der Waals surface area contributed by atoms with Gasteiger partial charge < -0.3 is 19.5 Å². The summed E-state index contributed by atoms with van der Waals surface area (Å²) < 4.78 is 41.4. The van der Waals surface area contributed by atoms with E-state index in [9.17, 15) is 19.5 Å². The molecule has 2 aromatic rings. The molecule has 1 N–H and O–H groups in total. The van der Waals surface area contributed by atoms with Gasteiger partial charge in [0.15, 0.2) is 6.10 Å². The number of phenolic OH excluding ortho intramolecular Hbond substituents is 1. The van der Waals surface area contributed by atoms with Gasteiger partial charge in [-0.1, -0.05) is 61.4 Å². The second-order valence-corrected chi connectivity index (χ2v) is 9.79. The maximum Gasteiger partial charge on any atom is 0.312 e. The second kappa shape index (κ2) is 15.1. The number of carbonyl (C=O) groups excluding carboxylic acids is 3. The Hall–Kier alpha value is -3.75. The monoisotopic (exact) mass is 557 g/mol. The zero-order valence-corrected chi connectivity index (χ0v) is 22.8. The van der Waals surface area contributed by atoms with Gasteiger partial charge in [-0.2, -0.15) is 8.78 Å². The highest BCUT2D eigenvalue weighted by Crippen LogP contribution is 2.35. The van der Waals surface area contributed by atoms with Crippen LogP contribution in [0.1, 0.15) is 63.0 Å². The van der Waals surface area contributed by atoms with Gasteiger partial charge in [0.25, 0.3) is 0 Å². The molecule has 7 nitrogen and oxygen atoms in total. The molecule has 0 aromatic heterocycles. The van der Waals surface area contributed by atoms with Gasteiger partial charge in [-0.15, -0.1) is 0 Å². The largest absolute Gasteiger partial charge is 0.508 e. The number of hydrogen-bond donors (Lipinski definition) is 1. The number of ether oxygens (including phenoxy) is 2. The van der Waals surface area contributed by atoms with Crippen molar-refractivity contribution in [2.24, 2.45) is 0 Å². The van der Waals surface area contributed by atoms with E-state index in [0.717, 1.165) is 19.3 Å². The fraction of sp³-hybridized carbons (Fsp3) is 0.452. The molecule has 216 valence electrons. The number of amides is 1. The summed E-state index contributed by atoms with van der Waals surface area (Å²) >= 11 is 0. The van der Waals surface area contributed by atoms with Crippen LogP contribution < -0.4 is 0 Å². The topological polar surface area (TPSA) is 93.1 Å². The van der Waals surface area contributed by atoms with Crippen LogP contribution in [0.5, 0.6) is 5.75 Å². The summed E-state index contributed by atoms with van der Waals surface area (Å²) in [6.07, 6.45) is 4.88. The van der Waals surface area contributed by atoms with Gasteiger partial charge in [-0.3, -0.25) is 14.4 Å². The molecule has 1 amide bonds. The van der Waals surface area contributed by atoms with Crippen LogP contribution in [0.15, 0.2) is 66.7 Å². The molecular formula is C31H37F2NO6. The first-order valence-corrected chi connectivity index (χ1v) is 13.7. The third kappa shape index (κ3) is 9.17. The van der Waals surface area contributed by atoms with E-state index in [2.05, 4.69) is 0 Å². The maximum atomic E-state index is 15.6. The molecule has 2 unspecified atom stereocenters. The van der Waals surface area contributed by atoms with Crippen LogP contribution in [0.4, 0.5) is 8.78 Å². The fourth-order valence-electron chi connectivity index (χ4n) is 4.64. The van der Waals surface area contributed by atoms with Gasteiger partial charge in [0.05, 0.1) is 19.1 Å². The smallest absolute Gasteiger partial charge is 0.312 e. The Morgan fingerprint density at radius 3 is 2.45 bits per heavy atom. The van der Waals surface area contributed by atoms with Crippen molar-refractivity contribution < 1.29 is 37.7 Å². The highest BCUT2D eigenvalue weighted by atomic mass is 19.3. The van der Waals surface area contributed by atoms with Crippen LogP contribution in [0.3, 0.4) is 0 Å². The molecule has 40 heavy (non-hydrogen) atoms. The average Bonchev–Trinajstić information content (AvgIpc) is 3.29. The molecule has 1 aliphatic rings. The van der Waals surface area contributed by atoms with Crippen LogP contribution in [0, 0.1) is 0 Å². The van der Waals surface area contributed by atoms with E-state index in [1.54, 1.807) is 24.0 Å². The number of phenols is 1. The SMILES string of the molecule is CCOC(=O)CCCCCCN1C(=O)CCC1C=CC(OC(=O)Cc1ccc(O)cc1)C(F)(F)c1ccccc1. The summed E-state index contributed by atoms with van der Waals surface area (Å²) in [6.45, 7) is 2.61. The van der Waals surface area contributed by atoms with Crippen molar-refractivity contribution in [1.29, 1.82) is 0 Å². The number of halogens is 2. The predicted octanol–water partition coefficient (Wildman–Crippen LogP) is 5.70. The minimum atomic E-state index is -3.51. The highest BCUT2D eigenvalue weighted by molar-refractivity contribution is 5.79. The molecule has 1 aliphatic heterocycles. The molecule has 2 atom stereocenters. The minimum absolute atomic E-state index is 0.0286. The maximum absolute atomic E-state index is 15.6. The van der Waals surface area contributed by atoms with Gasteiger partial charge in [0, 0.05) is 24.9 Å². The van der Waals surface area contributed by atoms with Crippen molar-refractivity contribution >= 4 is 17.8 Å². The number of nitrogens with zero attached hydrogens (tertiary/aromatic N) is 1. The van der Waals surface area contributed by atoms with Crippen LogP contribution in [-0.2, 0) is 36.2 Å². The Morgan fingerprint density at radius 1 is 1.05 bits per heavy atom. The van der Waals surface area contributed by atoms with E-state index in [0.29, 0.717) is 44.4 Å². The third-order valence-corrected chi connectivity index (χ3v) is 6.78. The molecule has 1 heterocycles. The Balaban J connectivity index is 1.65. The van der Waals surface area contributed by atoms with Gasteiger partial charge in [-0.25, -0.2) is 0 Å². The lowest BCUT2D eigenvalue weighted by Gasteiger charge is -2.27. The number of rotatable bonds is 15. The van der Waals surface area contributed by atoms with Crippen molar-refractivity contribution in [2.75, 3.05) is 13.2 Å².